The fraction of sp³-hybridized carbons (Fsp3) is 0.731. The first kappa shape index (κ1) is 23.5. The molecule has 1 amide bonds. The molecule has 1 aliphatic heterocycles. The Morgan fingerprint density at radius 3 is 2.59 bits per heavy atom. The number of allylic oxidation sites excluding steroid dienone is 2. The van der Waals surface area contributed by atoms with Gasteiger partial charge in [-0.25, -0.2) is 0 Å². The lowest BCUT2D eigenvalue weighted by atomic mass is 9.49. The standard InChI is InChI=1S/C26H36ClNO4/c1-5-6-7-8-23(31)32-26(16(2)29)12-10-19-17-13-21(27)20-14-22(30)28-15-24(20,3)18(17)9-11-25(19,26)4/h13-14,17-19H,5-12,15H2,1-4H3,(H,28,30)/t17-,18+,19+,24-,25+,26+/m1/s1. The SMILES string of the molecule is CCCCCC(=O)O[C@]1(C(C)=O)CC[C@H]2[C@@H]3C=C(Cl)C4=CC(=O)NC[C@]4(C)[C@H]3CC[C@@]21C. The lowest BCUT2D eigenvalue weighted by Crippen LogP contribution is -2.59. The summed E-state index contributed by atoms with van der Waals surface area (Å²) in [5, 5.41) is 3.66. The van der Waals surface area contributed by atoms with Crippen molar-refractivity contribution in [3.63, 3.8) is 0 Å². The second kappa shape index (κ2) is 8.30. The monoisotopic (exact) mass is 461 g/mol. The minimum Gasteiger partial charge on any atom is -0.450 e. The van der Waals surface area contributed by atoms with Gasteiger partial charge in [-0.05, 0) is 62.4 Å². The number of amides is 1. The normalized spacial score (nSPS) is 40.3. The number of hydrogen-bond acceptors (Lipinski definition) is 4. The summed E-state index contributed by atoms with van der Waals surface area (Å²) in [6, 6.07) is 0. The van der Waals surface area contributed by atoms with E-state index in [1.807, 2.05) is 0 Å². The van der Waals surface area contributed by atoms with Gasteiger partial charge in [0, 0.05) is 34.9 Å². The van der Waals surface area contributed by atoms with E-state index in [1.54, 1.807) is 13.0 Å². The number of ether oxygens (including phenoxy) is 1. The van der Waals surface area contributed by atoms with Crippen LogP contribution in [0.25, 0.3) is 0 Å². The molecule has 0 bridgehead atoms. The molecule has 2 fully saturated rings. The largest absolute Gasteiger partial charge is 0.450 e. The first-order valence-corrected chi connectivity index (χ1v) is 12.6. The summed E-state index contributed by atoms with van der Waals surface area (Å²) in [6.45, 7) is 8.62. The van der Waals surface area contributed by atoms with Gasteiger partial charge in [-0.2, -0.15) is 0 Å². The van der Waals surface area contributed by atoms with E-state index in [0.29, 0.717) is 30.3 Å². The van der Waals surface area contributed by atoms with Gasteiger partial charge in [0.15, 0.2) is 11.4 Å². The first-order valence-electron chi connectivity index (χ1n) is 12.2. The van der Waals surface area contributed by atoms with Crippen LogP contribution in [0.1, 0.15) is 79.1 Å². The Kier molecular flexibility index (Phi) is 6.11. The number of carbonyl (C=O) groups is 3. The van der Waals surface area contributed by atoms with Gasteiger partial charge in [0.1, 0.15) is 0 Å². The van der Waals surface area contributed by atoms with E-state index in [0.717, 1.165) is 44.1 Å². The molecule has 4 rings (SSSR count). The van der Waals surface area contributed by atoms with Crippen LogP contribution in [0.5, 0.6) is 0 Å². The van der Waals surface area contributed by atoms with Crippen molar-refractivity contribution in [1.29, 1.82) is 0 Å². The maximum absolute atomic E-state index is 13.1. The zero-order chi connectivity index (χ0) is 23.3. The predicted octanol–water partition coefficient (Wildman–Crippen LogP) is 5.08. The molecule has 0 radical (unpaired) electrons. The van der Waals surface area contributed by atoms with Gasteiger partial charge in [0.05, 0.1) is 0 Å². The molecule has 6 heteroatoms. The van der Waals surface area contributed by atoms with Crippen molar-refractivity contribution in [3.05, 3.63) is 22.8 Å². The number of ketones is 1. The average Bonchev–Trinajstić information content (AvgIpc) is 3.03. The molecule has 0 aromatic rings. The van der Waals surface area contributed by atoms with Crippen LogP contribution in [0.4, 0.5) is 0 Å². The third-order valence-electron chi connectivity index (χ3n) is 9.23. The summed E-state index contributed by atoms with van der Waals surface area (Å²) < 4.78 is 6.12. The van der Waals surface area contributed by atoms with Crippen LogP contribution >= 0.6 is 11.6 Å². The molecule has 32 heavy (non-hydrogen) atoms. The third kappa shape index (κ3) is 3.38. The van der Waals surface area contributed by atoms with Gasteiger partial charge in [-0.3, -0.25) is 14.4 Å². The van der Waals surface area contributed by atoms with E-state index >= 15 is 0 Å². The number of nitrogens with one attached hydrogen (secondary N) is 1. The molecule has 2 saturated carbocycles. The summed E-state index contributed by atoms with van der Waals surface area (Å²) in [4.78, 5) is 37.8. The van der Waals surface area contributed by atoms with Gasteiger partial charge in [0.25, 0.3) is 0 Å². The number of hydrogen-bond donors (Lipinski definition) is 1. The number of fused-ring (bicyclic) bond motifs is 5. The van der Waals surface area contributed by atoms with E-state index in [-0.39, 0.29) is 34.9 Å². The zero-order valence-corrected chi connectivity index (χ0v) is 20.5. The minimum atomic E-state index is -1.05. The number of unbranched alkanes of at least 4 members (excludes halogenated alkanes) is 2. The van der Waals surface area contributed by atoms with Crippen LogP contribution in [-0.4, -0.2) is 29.8 Å². The van der Waals surface area contributed by atoms with E-state index in [1.165, 1.54) is 0 Å². The van der Waals surface area contributed by atoms with Crippen molar-refractivity contribution < 1.29 is 19.1 Å². The fourth-order valence-electron chi connectivity index (χ4n) is 7.40. The van der Waals surface area contributed by atoms with E-state index in [4.69, 9.17) is 16.3 Å². The highest BCUT2D eigenvalue weighted by Gasteiger charge is 2.67. The third-order valence-corrected chi connectivity index (χ3v) is 9.56. The highest BCUT2D eigenvalue weighted by atomic mass is 35.5. The Labute approximate surface area is 196 Å². The van der Waals surface area contributed by atoms with Gasteiger partial charge >= 0.3 is 5.97 Å². The molecule has 1 heterocycles. The van der Waals surface area contributed by atoms with E-state index < -0.39 is 11.0 Å². The minimum absolute atomic E-state index is 0.0348. The van der Waals surface area contributed by atoms with Crippen molar-refractivity contribution >= 4 is 29.3 Å². The Balaban J connectivity index is 1.67. The smallest absolute Gasteiger partial charge is 0.306 e. The summed E-state index contributed by atoms with van der Waals surface area (Å²) in [5.74, 6) is 0.360. The topological polar surface area (TPSA) is 72.5 Å². The molecule has 0 aromatic heterocycles. The molecule has 0 spiro atoms. The molecule has 0 aromatic carbocycles. The average molecular weight is 462 g/mol. The molecule has 1 N–H and O–H groups in total. The summed E-state index contributed by atoms with van der Waals surface area (Å²) in [5.41, 5.74) is -0.747. The van der Waals surface area contributed by atoms with Crippen molar-refractivity contribution in [1.82, 2.24) is 5.32 Å². The molecule has 176 valence electrons. The second-order valence-corrected chi connectivity index (χ2v) is 11.2. The number of halogens is 1. The fourth-order valence-corrected chi connectivity index (χ4v) is 7.81. The maximum Gasteiger partial charge on any atom is 0.306 e. The van der Waals surface area contributed by atoms with Crippen LogP contribution in [0, 0.1) is 28.6 Å². The number of rotatable bonds is 6. The van der Waals surface area contributed by atoms with Gasteiger partial charge in [-0.15, -0.1) is 0 Å². The first-order chi connectivity index (χ1) is 15.1. The molecular weight excluding hydrogens is 426 g/mol. The Bertz CT molecular complexity index is 894. The number of carbonyl (C=O) groups excluding carboxylic acids is 3. The van der Waals surface area contributed by atoms with Crippen molar-refractivity contribution in [2.24, 2.45) is 28.6 Å². The van der Waals surface area contributed by atoms with Crippen molar-refractivity contribution in [3.8, 4) is 0 Å². The zero-order valence-electron chi connectivity index (χ0n) is 19.8. The van der Waals surface area contributed by atoms with E-state index in [9.17, 15) is 14.4 Å². The Morgan fingerprint density at radius 1 is 1.19 bits per heavy atom. The van der Waals surface area contributed by atoms with Crippen molar-refractivity contribution in [2.75, 3.05) is 6.54 Å². The molecular formula is C26H36ClNO4. The predicted molar refractivity (Wildman–Crippen MR) is 124 cm³/mol. The van der Waals surface area contributed by atoms with Gasteiger partial charge in [0.2, 0.25) is 5.91 Å². The number of Topliss-reactive ketones (excluding diaryl/α,β-unsaturated/α-hetero) is 1. The lowest BCUT2D eigenvalue weighted by molar-refractivity contribution is -0.187. The van der Waals surface area contributed by atoms with Crippen LogP contribution in [0.3, 0.4) is 0 Å². The molecule has 4 aliphatic rings. The second-order valence-electron chi connectivity index (χ2n) is 10.8. The summed E-state index contributed by atoms with van der Waals surface area (Å²) >= 11 is 6.75. The van der Waals surface area contributed by atoms with Crippen molar-refractivity contribution in [2.45, 2.75) is 84.7 Å². The number of esters is 1. The van der Waals surface area contributed by atoms with Crippen LogP contribution in [-0.2, 0) is 19.1 Å². The van der Waals surface area contributed by atoms with Crippen LogP contribution in [0.15, 0.2) is 22.8 Å². The summed E-state index contributed by atoms with van der Waals surface area (Å²) in [6.07, 6.45) is 10.1. The highest BCUT2D eigenvalue weighted by molar-refractivity contribution is 6.32. The van der Waals surface area contributed by atoms with Crippen LogP contribution in [0.2, 0.25) is 0 Å². The highest BCUT2D eigenvalue weighted by Crippen LogP contribution is 2.67. The van der Waals surface area contributed by atoms with Crippen LogP contribution < -0.4 is 5.32 Å². The van der Waals surface area contributed by atoms with E-state index in [2.05, 4.69) is 32.2 Å². The van der Waals surface area contributed by atoms with Gasteiger partial charge in [-0.1, -0.05) is 51.3 Å². The van der Waals surface area contributed by atoms with Gasteiger partial charge < -0.3 is 10.1 Å². The summed E-state index contributed by atoms with van der Waals surface area (Å²) in [7, 11) is 0. The molecule has 0 saturated heterocycles. The Hall–Kier alpha value is -1.62. The molecule has 3 aliphatic carbocycles. The maximum atomic E-state index is 13.1. The quantitative estimate of drug-likeness (QED) is 0.442. The Morgan fingerprint density at radius 2 is 1.91 bits per heavy atom. The molecule has 6 atom stereocenters. The molecule has 5 nitrogen and oxygen atoms in total. The molecule has 0 unspecified atom stereocenters. The lowest BCUT2D eigenvalue weighted by Gasteiger charge is -2.57.